The van der Waals surface area contributed by atoms with E-state index in [4.69, 9.17) is 11.6 Å². The lowest BCUT2D eigenvalue weighted by molar-refractivity contribution is -0.789. The van der Waals surface area contributed by atoms with Crippen LogP contribution in [0.2, 0.25) is 5.02 Å². The third-order valence-corrected chi connectivity index (χ3v) is 4.74. The highest BCUT2D eigenvalue weighted by atomic mass is 35.5. The van der Waals surface area contributed by atoms with Crippen molar-refractivity contribution < 1.29 is 16.3 Å². The first kappa shape index (κ1) is 16.1. The molecule has 0 fully saturated rings. The summed E-state index contributed by atoms with van der Waals surface area (Å²) in [6.45, 7) is 10.2. The Morgan fingerprint density at radius 2 is 1.44 bits per heavy atom. The molecule has 1 rings (SSSR count). The van der Waals surface area contributed by atoms with Gasteiger partial charge in [0.15, 0.2) is 0 Å². The third kappa shape index (κ3) is 4.17. The molecule has 0 bridgehead atoms. The van der Waals surface area contributed by atoms with E-state index in [-0.39, 0.29) is 12.4 Å². The van der Waals surface area contributed by atoms with Gasteiger partial charge in [-0.1, -0.05) is 11.6 Å². The molecule has 0 saturated heterocycles. The number of rotatable bonds is 5. The van der Waals surface area contributed by atoms with Gasteiger partial charge in [-0.15, -0.1) is 0 Å². The zero-order valence-corrected chi connectivity index (χ0v) is 12.4. The van der Waals surface area contributed by atoms with Gasteiger partial charge in [-0.2, -0.15) is 0 Å². The van der Waals surface area contributed by atoms with Gasteiger partial charge in [-0.3, -0.25) is 3.89 Å². The second-order valence-corrected chi connectivity index (χ2v) is 5.42. The van der Waals surface area contributed by atoms with Gasteiger partial charge in [-0.05, 0) is 45.0 Å². The Labute approximate surface area is 114 Å². The maximum Gasteiger partial charge on any atom is 0.112 e. The number of quaternary nitrogens is 1. The predicted molar refractivity (Wildman–Crippen MR) is 69.2 cm³/mol. The van der Waals surface area contributed by atoms with Crippen molar-refractivity contribution in [3.63, 3.8) is 0 Å². The Bertz CT molecular complexity index is 288. The highest BCUT2D eigenvalue weighted by Gasteiger charge is 2.23. The van der Waals surface area contributed by atoms with Crippen LogP contribution in [0.25, 0.3) is 0 Å². The summed E-state index contributed by atoms with van der Waals surface area (Å²) in [5.74, 6) is 0. The Hall–Kier alpha value is 0.110. The van der Waals surface area contributed by atoms with Crippen LogP contribution in [0.5, 0.6) is 0 Å². The van der Waals surface area contributed by atoms with E-state index in [0.717, 1.165) is 28.5 Å². The number of hydrogen-bond acceptors (Lipinski definition) is 1. The standard InChI is InChI=1S/C12H19ClNS.ClH/c1-4-14(5-2,6-3)15-12-9-7-11(13)8-10-12;/h7-10H,4-6H2,1-3H3;1H/q+1;/p-1. The molecule has 0 heterocycles. The van der Waals surface area contributed by atoms with E-state index in [1.165, 1.54) is 4.90 Å². The first-order valence-electron chi connectivity index (χ1n) is 5.47. The van der Waals surface area contributed by atoms with Crippen molar-refractivity contribution in [1.29, 1.82) is 0 Å². The molecular weight excluding hydrogens is 261 g/mol. The van der Waals surface area contributed by atoms with Crippen molar-refractivity contribution in [3.8, 4) is 0 Å². The van der Waals surface area contributed by atoms with E-state index >= 15 is 0 Å². The first-order valence-corrected chi connectivity index (χ1v) is 6.62. The molecule has 0 aromatic heterocycles. The summed E-state index contributed by atoms with van der Waals surface area (Å²) in [7, 11) is 0. The molecule has 0 spiro atoms. The largest absolute Gasteiger partial charge is 1.00 e. The lowest BCUT2D eigenvalue weighted by atomic mass is 10.4. The average molecular weight is 280 g/mol. The van der Waals surface area contributed by atoms with Crippen molar-refractivity contribution >= 4 is 23.5 Å². The molecule has 1 aromatic carbocycles. The summed E-state index contributed by atoms with van der Waals surface area (Å²) in [4.78, 5) is 1.30. The fourth-order valence-electron chi connectivity index (χ4n) is 1.58. The van der Waals surface area contributed by atoms with E-state index in [2.05, 4.69) is 32.9 Å². The fraction of sp³-hybridized carbons (Fsp3) is 0.500. The minimum atomic E-state index is 0. The van der Waals surface area contributed by atoms with E-state index in [1.807, 2.05) is 24.1 Å². The zero-order chi connectivity index (χ0) is 11.3. The molecule has 16 heavy (non-hydrogen) atoms. The molecule has 0 saturated carbocycles. The Kier molecular flexibility index (Phi) is 7.49. The summed E-state index contributed by atoms with van der Waals surface area (Å²) in [5, 5.41) is 0.807. The van der Waals surface area contributed by atoms with Crippen LogP contribution in [0.4, 0.5) is 0 Å². The molecule has 1 nitrogen and oxygen atoms in total. The molecule has 0 atom stereocenters. The summed E-state index contributed by atoms with van der Waals surface area (Å²) in [5.41, 5.74) is 0. The number of benzene rings is 1. The van der Waals surface area contributed by atoms with Crippen LogP contribution < -0.4 is 12.4 Å². The van der Waals surface area contributed by atoms with Crippen LogP contribution in [-0.2, 0) is 0 Å². The van der Waals surface area contributed by atoms with Gasteiger partial charge in [0.2, 0.25) is 0 Å². The number of hydrogen-bond donors (Lipinski definition) is 0. The van der Waals surface area contributed by atoms with Crippen LogP contribution in [-0.4, -0.2) is 23.5 Å². The molecule has 0 radical (unpaired) electrons. The third-order valence-electron chi connectivity index (χ3n) is 2.84. The van der Waals surface area contributed by atoms with Crippen molar-refractivity contribution in [1.82, 2.24) is 0 Å². The second-order valence-electron chi connectivity index (χ2n) is 3.55. The molecule has 0 aliphatic carbocycles. The SMILES string of the molecule is CC[N+](CC)(CC)Sc1ccc(Cl)cc1.[Cl-]. The summed E-state index contributed by atoms with van der Waals surface area (Å²) < 4.78 is 1.07. The molecule has 0 unspecified atom stereocenters. The van der Waals surface area contributed by atoms with Gasteiger partial charge in [0.05, 0.1) is 24.5 Å². The maximum absolute atomic E-state index is 5.87. The van der Waals surface area contributed by atoms with E-state index in [0.29, 0.717) is 0 Å². The Balaban J connectivity index is 0.00000225. The highest BCUT2D eigenvalue weighted by Crippen LogP contribution is 2.31. The average Bonchev–Trinajstić information content (AvgIpc) is 2.29. The van der Waals surface area contributed by atoms with E-state index < -0.39 is 0 Å². The quantitative estimate of drug-likeness (QED) is 0.577. The van der Waals surface area contributed by atoms with Crippen LogP contribution in [0.15, 0.2) is 29.2 Å². The molecule has 92 valence electrons. The van der Waals surface area contributed by atoms with E-state index in [1.54, 1.807) is 0 Å². The van der Waals surface area contributed by atoms with Gasteiger partial charge < -0.3 is 12.4 Å². The summed E-state index contributed by atoms with van der Waals surface area (Å²) in [6, 6.07) is 8.11. The van der Waals surface area contributed by atoms with Crippen LogP contribution in [0.1, 0.15) is 20.8 Å². The van der Waals surface area contributed by atoms with Crippen LogP contribution in [0.3, 0.4) is 0 Å². The second kappa shape index (κ2) is 7.44. The molecule has 0 aliphatic heterocycles. The van der Waals surface area contributed by atoms with Gasteiger partial charge >= 0.3 is 0 Å². The fourth-order valence-corrected chi connectivity index (χ4v) is 2.80. The van der Waals surface area contributed by atoms with Crippen LogP contribution in [0, 0.1) is 0 Å². The minimum Gasteiger partial charge on any atom is -1.00 e. The molecule has 0 amide bonds. The topological polar surface area (TPSA) is 0 Å². The van der Waals surface area contributed by atoms with Gasteiger partial charge in [-0.25, -0.2) is 0 Å². The van der Waals surface area contributed by atoms with Crippen molar-refractivity contribution in [2.75, 3.05) is 19.6 Å². The molecule has 4 heteroatoms. The molecule has 1 aromatic rings. The summed E-state index contributed by atoms with van der Waals surface area (Å²) >= 11 is 7.79. The van der Waals surface area contributed by atoms with Crippen LogP contribution >= 0.6 is 23.5 Å². The first-order chi connectivity index (χ1) is 7.15. The molecular formula is C12H19Cl2NS. The monoisotopic (exact) mass is 279 g/mol. The van der Waals surface area contributed by atoms with Gasteiger partial charge in [0.25, 0.3) is 0 Å². The Morgan fingerprint density at radius 1 is 1.00 bits per heavy atom. The minimum absolute atomic E-state index is 0. The van der Waals surface area contributed by atoms with Gasteiger partial charge in [0, 0.05) is 5.02 Å². The lowest BCUT2D eigenvalue weighted by Gasteiger charge is -2.32. The lowest BCUT2D eigenvalue weighted by Crippen LogP contribution is -3.00. The zero-order valence-electron chi connectivity index (χ0n) is 10.0. The smallest absolute Gasteiger partial charge is 0.112 e. The molecule has 0 aliphatic rings. The van der Waals surface area contributed by atoms with Crippen molar-refractivity contribution in [3.05, 3.63) is 29.3 Å². The van der Waals surface area contributed by atoms with Crippen molar-refractivity contribution in [2.45, 2.75) is 25.7 Å². The number of halogens is 2. The molecule has 0 N–H and O–H groups in total. The van der Waals surface area contributed by atoms with Crippen molar-refractivity contribution in [2.24, 2.45) is 0 Å². The maximum atomic E-state index is 5.87. The van der Waals surface area contributed by atoms with Gasteiger partial charge in [0.1, 0.15) is 11.9 Å². The number of nitrogens with zero attached hydrogens (tertiary/aromatic N) is 1. The Morgan fingerprint density at radius 3 is 1.81 bits per heavy atom. The predicted octanol–water partition coefficient (Wildman–Crippen LogP) is 1.23. The van der Waals surface area contributed by atoms with E-state index in [9.17, 15) is 0 Å². The highest BCUT2D eigenvalue weighted by molar-refractivity contribution is 7.93. The normalized spacial score (nSPS) is 11.0. The summed E-state index contributed by atoms with van der Waals surface area (Å²) in [6.07, 6.45) is 0.